The number of anilines is 1. The SMILES string of the molecule is C[C@H](Nc1ccc(C(F)(F)F)cc1[N+](=O)[O-])C(=O)OCC(=O)NC(=O)NC(C)(C)C. The number of benzene rings is 1. The summed E-state index contributed by atoms with van der Waals surface area (Å²) in [6.45, 7) is 5.48. The van der Waals surface area contributed by atoms with Crippen LogP contribution in [0.25, 0.3) is 0 Å². The second-order valence-corrected chi connectivity index (χ2v) is 7.21. The van der Waals surface area contributed by atoms with E-state index in [0.29, 0.717) is 12.1 Å². The molecule has 1 atom stereocenters. The van der Waals surface area contributed by atoms with Crippen LogP contribution in [0.15, 0.2) is 18.2 Å². The monoisotopic (exact) mass is 434 g/mol. The Labute approximate surface area is 169 Å². The predicted octanol–water partition coefficient (Wildman–Crippen LogP) is 2.58. The van der Waals surface area contributed by atoms with E-state index < -0.39 is 58.4 Å². The van der Waals surface area contributed by atoms with E-state index in [1.807, 2.05) is 5.32 Å². The summed E-state index contributed by atoms with van der Waals surface area (Å²) in [6, 6.07) is -0.267. The Kier molecular flexibility index (Phi) is 7.74. The Balaban J connectivity index is 2.71. The summed E-state index contributed by atoms with van der Waals surface area (Å²) < 4.78 is 42.9. The number of nitro groups is 1. The van der Waals surface area contributed by atoms with Crippen molar-refractivity contribution in [3.8, 4) is 0 Å². The molecule has 10 nitrogen and oxygen atoms in total. The van der Waals surface area contributed by atoms with E-state index in [1.165, 1.54) is 6.92 Å². The first kappa shape index (κ1) is 24.7. The van der Waals surface area contributed by atoms with Crippen molar-refractivity contribution in [1.29, 1.82) is 0 Å². The van der Waals surface area contributed by atoms with E-state index in [0.717, 1.165) is 6.07 Å². The highest BCUT2D eigenvalue weighted by Crippen LogP contribution is 2.35. The molecule has 0 saturated heterocycles. The minimum absolute atomic E-state index is 0.335. The summed E-state index contributed by atoms with van der Waals surface area (Å²) in [6.07, 6.45) is -4.78. The predicted molar refractivity (Wildman–Crippen MR) is 98.6 cm³/mol. The average molecular weight is 434 g/mol. The Morgan fingerprint density at radius 1 is 1.20 bits per heavy atom. The molecule has 0 radical (unpaired) electrons. The second-order valence-electron chi connectivity index (χ2n) is 7.21. The lowest BCUT2D eigenvalue weighted by atomic mass is 10.1. The van der Waals surface area contributed by atoms with Crippen LogP contribution in [-0.2, 0) is 20.5 Å². The fraction of sp³-hybridized carbons (Fsp3) is 0.471. The number of nitro benzene ring substituents is 1. The Hall–Kier alpha value is -3.38. The van der Waals surface area contributed by atoms with E-state index in [1.54, 1.807) is 20.8 Å². The molecule has 0 bridgehead atoms. The van der Waals surface area contributed by atoms with Crippen molar-refractivity contribution < 1.29 is 37.2 Å². The third-order valence-electron chi connectivity index (χ3n) is 3.33. The zero-order valence-electron chi connectivity index (χ0n) is 16.5. The van der Waals surface area contributed by atoms with Gasteiger partial charge in [0.05, 0.1) is 10.5 Å². The highest BCUT2D eigenvalue weighted by atomic mass is 19.4. The molecular formula is C17H21F3N4O6. The van der Waals surface area contributed by atoms with Crippen molar-refractivity contribution in [2.45, 2.75) is 45.5 Å². The van der Waals surface area contributed by atoms with Crippen LogP contribution in [-0.4, -0.2) is 41.0 Å². The maximum absolute atomic E-state index is 12.7. The number of hydrogen-bond acceptors (Lipinski definition) is 7. The molecule has 0 unspecified atom stereocenters. The maximum atomic E-state index is 12.7. The number of rotatable bonds is 6. The van der Waals surface area contributed by atoms with Gasteiger partial charge in [0.2, 0.25) is 0 Å². The molecule has 0 aliphatic rings. The molecule has 1 aromatic rings. The standard InChI is InChI=1S/C17H21F3N4O6/c1-9(14(26)30-8-13(25)22-15(27)23-16(2,3)4)21-11-6-5-10(17(18,19)20)7-12(11)24(28)29/h5-7,9,21H,8H2,1-4H3,(H2,22,23,25,27)/t9-/m0/s1. The van der Waals surface area contributed by atoms with E-state index in [9.17, 15) is 37.7 Å². The largest absolute Gasteiger partial charge is 0.454 e. The fourth-order valence-electron chi connectivity index (χ4n) is 2.07. The van der Waals surface area contributed by atoms with Gasteiger partial charge in [-0.15, -0.1) is 0 Å². The molecule has 0 spiro atoms. The molecule has 0 fully saturated rings. The molecule has 3 N–H and O–H groups in total. The number of ether oxygens (including phenoxy) is 1. The van der Waals surface area contributed by atoms with Crippen LogP contribution in [0, 0.1) is 10.1 Å². The zero-order chi connectivity index (χ0) is 23.3. The first-order valence-corrected chi connectivity index (χ1v) is 8.51. The topological polar surface area (TPSA) is 140 Å². The van der Waals surface area contributed by atoms with Crippen molar-refractivity contribution in [3.63, 3.8) is 0 Å². The Morgan fingerprint density at radius 2 is 1.80 bits per heavy atom. The minimum Gasteiger partial charge on any atom is -0.454 e. The molecule has 0 heterocycles. The van der Waals surface area contributed by atoms with Crippen LogP contribution in [0.4, 0.5) is 29.3 Å². The molecule has 0 aliphatic heterocycles. The van der Waals surface area contributed by atoms with Crippen molar-refractivity contribution in [3.05, 3.63) is 33.9 Å². The molecular weight excluding hydrogens is 413 g/mol. The number of halogens is 3. The first-order chi connectivity index (χ1) is 13.6. The van der Waals surface area contributed by atoms with Crippen molar-refractivity contribution >= 4 is 29.3 Å². The van der Waals surface area contributed by atoms with Crippen LogP contribution >= 0.6 is 0 Å². The number of imide groups is 1. The molecule has 30 heavy (non-hydrogen) atoms. The normalized spacial score (nSPS) is 12.5. The fourth-order valence-corrected chi connectivity index (χ4v) is 2.07. The lowest BCUT2D eigenvalue weighted by Crippen LogP contribution is -2.49. The van der Waals surface area contributed by atoms with Gasteiger partial charge in [0, 0.05) is 11.6 Å². The van der Waals surface area contributed by atoms with E-state index >= 15 is 0 Å². The lowest BCUT2D eigenvalue weighted by molar-refractivity contribution is -0.384. The van der Waals surface area contributed by atoms with Gasteiger partial charge >= 0.3 is 18.2 Å². The molecule has 0 saturated carbocycles. The molecule has 3 amide bonds. The molecule has 0 aliphatic carbocycles. The van der Waals surface area contributed by atoms with Gasteiger partial charge in [-0.2, -0.15) is 13.2 Å². The molecule has 0 aromatic heterocycles. The number of nitrogens with one attached hydrogen (secondary N) is 3. The number of nitrogens with zero attached hydrogens (tertiary/aromatic N) is 1. The Bertz CT molecular complexity index is 836. The van der Waals surface area contributed by atoms with Gasteiger partial charge in [-0.25, -0.2) is 9.59 Å². The lowest BCUT2D eigenvalue weighted by Gasteiger charge is -2.20. The highest BCUT2D eigenvalue weighted by molar-refractivity contribution is 5.96. The molecule has 1 rings (SSSR count). The highest BCUT2D eigenvalue weighted by Gasteiger charge is 2.33. The van der Waals surface area contributed by atoms with E-state index in [-0.39, 0.29) is 5.69 Å². The first-order valence-electron chi connectivity index (χ1n) is 8.51. The maximum Gasteiger partial charge on any atom is 0.416 e. The summed E-state index contributed by atoms with van der Waals surface area (Å²) in [5.41, 5.74) is -3.05. The summed E-state index contributed by atoms with van der Waals surface area (Å²) in [5.74, 6) is -1.94. The van der Waals surface area contributed by atoms with Gasteiger partial charge in [0.25, 0.3) is 11.6 Å². The molecule has 1 aromatic carbocycles. The van der Waals surface area contributed by atoms with Gasteiger partial charge in [-0.1, -0.05) is 0 Å². The number of hydrogen-bond donors (Lipinski definition) is 3. The summed E-state index contributed by atoms with van der Waals surface area (Å²) in [4.78, 5) is 45.2. The van der Waals surface area contributed by atoms with Gasteiger partial charge in [-0.3, -0.25) is 20.2 Å². The van der Waals surface area contributed by atoms with Crippen LogP contribution in [0.5, 0.6) is 0 Å². The average Bonchev–Trinajstić information content (AvgIpc) is 2.56. The van der Waals surface area contributed by atoms with Gasteiger partial charge in [-0.05, 0) is 39.8 Å². The van der Waals surface area contributed by atoms with Crippen molar-refractivity contribution in [2.24, 2.45) is 0 Å². The van der Waals surface area contributed by atoms with Crippen molar-refractivity contribution in [2.75, 3.05) is 11.9 Å². The van der Waals surface area contributed by atoms with Gasteiger partial charge in [0.1, 0.15) is 11.7 Å². The quantitative estimate of drug-likeness (QED) is 0.355. The van der Waals surface area contributed by atoms with Crippen molar-refractivity contribution in [1.82, 2.24) is 10.6 Å². The van der Waals surface area contributed by atoms with Gasteiger partial charge < -0.3 is 15.4 Å². The summed E-state index contributed by atoms with van der Waals surface area (Å²) in [5, 5.41) is 17.8. The number of amides is 3. The smallest absolute Gasteiger partial charge is 0.416 e. The number of alkyl halides is 3. The summed E-state index contributed by atoms with van der Waals surface area (Å²) in [7, 11) is 0. The second kappa shape index (κ2) is 9.41. The number of carbonyl (C=O) groups is 3. The minimum atomic E-state index is -4.78. The van der Waals surface area contributed by atoms with Gasteiger partial charge in [0.15, 0.2) is 6.61 Å². The van der Waals surface area contributed by atoms with Crippen LogP contribution < -0.4 is 16.0 Å². The molecule has 166 valence electrons. The zero-order valence-corrected chi connectivity index (χ0v) is 16.5. The third kappa shape index (κ3) is 7.93. The van der Waals surface area contributed by atoms with Crippen LogP contribution in [0.2, 0.25) is 0 Å². The third-order valence-corrected chi connectivity index (χ3v) is 3.33. The number of esters is 1. The van der Waals surface area contributed by atoms with Crippen LogP contribution in [0.1, 0.15) is 33.3 Å². The van der Waals surface area contributed by atoms with E-state index in [4.69, 9.17) is 4.74 Å². The Morgan fingerprint density at radius 3 is 2.30 bits per heavy atom. The number of carbonyl (C=O) groups excluding carboxylic acids is 3. The number of urea groups is 1. The van der Waals surface area contributed by atoms with Crippen LogP contribution in [0.3, 0.4) is 0 Å². The molecule has 13 heteroatoms. The summed E-state index contributed by atoms with van der Waals surface area (Å²) >= 11 is 0. The van der Waals surface area contributed by atoms with E-state index in [2.05, 4.69) is 10.6 Å².